The Morgan fingerprint density at radius 3 is 2.09 bits per heavy atom. The third-order valence-electron chi connectivity index (χ3n) is 6.63. The number of rotatable bonds is 3. The molecule has 2 aromatic carbocycles. The first-order valence-corrected chi connectivity index (χ1v) is 11.0. The molecule has 0 bridgehead atoms. The molecule has 1 spiro atoms. The van der Waals surface area contributed by atoms with E-state index in [9.17, 15) is 18.3 Å². The number of nitrogens with zero attached hydrogens (tertiary/aromatic N) is 2. The van der Waals surface area contributed by atoms with Gasteiger partial charge in [-0.15, -0.1) is 0 Å². The summed E-state index contributed by atoms with van der Waals surface area (Å²) in [6, 6.07) is 14.5. The van der Waals surface area contributed by atoms with Crippen LogP contribution in [-0.2, 0) is 21.3 Å². The van der Waals surface area contributed by atoms with Crippen LogP contribution >= 0.6 is 0 Å². The zero-order valence-electron chi connectivity index (χ0n) is 18.2. The van der Waals surface area contributed by atoms with Gasteiger partial charge in [-0.1, -0.05) is 29.8 Å². The van der Waals surface area contributed by atoms with E-state index in [0.717, 1.165) is 23.4 Å². The molecule has 1 saturated carbocycles. The lowest BCUT2D eigenvalue weighted by Crippen LogP contribution is -2.42. The maximum atomic E-state index is 13.1. The predicted octanol–water partition coefficient (Wildman–Crippen LogP) is 5.37. The van der Waals surface area contributed by atoms with Crippen LogP contribution in [0.25, 0.3) is 16.9 Å². The lowest BCUT2D eigenvalue weighted by molar-refractivity contribution is -0.204. The van der Waals surface area contributed by atoms with Crippen LogP contribution < -0.4 is 0 Å². The van der Waals surface area contributed by atoms with Gasteiger partial charge in [0.15, 0.2) is 5.79 Å². The zero-order chi connectivity index (χ0) is 23.3. The standard InChI is InChI=1S/C25H25F3N2O3/c1-17-2-8-20(9-3-17)30-21(18-4-6-19(7-5-18)25(26,27)28)16-22(29-30)23(31)10-12-24(13-11-23)32-14-15-33-24/h2-9,16,31H,10-15H2,1H3. The molecule has 1 aliphatic heterocycles. The lowest BCUT2D eigenvalue weighted by atomic mass is 9.79. The lowest BCUT2D eigenvalue weighted by Gasteiger charge is -2.39. The Balaban J connectivity index is 1.53. The molecule has 5 rings (SSSR count). The van der Waals surface area contributed by atoms with Gasteiger partial charge in [0.2, 0.25) is 0 Å². The number of hydrogen-bond donors (Lipinski definition) is 1. The number of aryl methyl sites for hydroxylation is 1. The summed E-state index contributed by atoms with van der Waals surface area (Å²) in [5, 5.41) is 16.2. The van der Waals surface area contributed by atoms with Gasteiger partial charge in [-0.25, -0.2) is 4.68 Å². The number of halogens is 3. The Kier molecular flexibility index (Phi) is 5.34. The van der Waals surface area contributed by atoms with Crippen molar-refractivity contribution in [3.63, 3.8) is 0 Å². The molecule has 1 aromatic heterocycles. The Morgan fingerprint density at radius 2 is 1.52 bits per heavy atom. The molecule has 0 radical (unpaired) electrons. The van der Waals surface area contributed by atoms with Gasteiger partial charge in [0.1, 0.15) is 5.60 Å². The summed E-state index contributed by atoms with van der Waals surface area (Å²) in [4.78, 5) is 0. The van der Waals surface area contributed by atoms with Crippen LogP contribution in [0.15, 0.2) is 54.6 Å². The Morgan fingerprint density at radius 1 is 0.909 bits per heavy atom. The monoisotopic (exact) mass is 458 g/mol. The van der Waals surface area contributed by atoms with E-state index in [0.29, 0.717) is 55.8 Å². The van der Waals surface area contributed by atoms with Gasteiger partial charge in [-0.3, -0.25) is 0 Å². The topological polar surface area (TPSA) is 56.5 Å². The maximum Gasteiger partial charge on any atom is 0.416 e. The normalized spacial score (nSPS) is 19.8. The smallest absolute Gasteiger partial charge is 0.383 e. The summed E-state index contributed by atoms with van der Waals surface area (Å²) in [7, 11) is 0. The van der Waals surface area contributed by atoms with Crippen LogP contribution in [-0.4, -0.2) is 33.9 Å². The fraction of sp³-hybridized carbons (Fsp3) is 0.400. The molecule has 174 valence electrons. The van der Waals surface area contributed by atoms with Crippen molar-refractivity contribution in [3.05, 3.63) is 71.4 Å². The number of aliphatic hydroxyl groups is 1. The second-order valence-corrected chi connectivity index (χ2v) is 8.88. The average Bonchev–Trinajstić information content (AvgIpc) is 3.45. The first-order chi connectivity index (χ1) is 15.7. The second kappa shape index (κ2) is 7.97. The van der Waals surface area contributed by atoms with Gasteiger partial charge in [-0.05, 0) is 50.1 Å². The minimum Gasteiger partial charge on any atom is -0.383 e. The minimum atomic E-state index is -4.40. The van der Waals surface area contributed by atoms with Gasteiger partial charge < -0.3 is 14.6 Å². The average molecular weight is 458 g/mol. The summed E-state index contributed by atoms with van der Waals surface area (Å²) in [5.41, 5.74) is 1.66. The molecule has 2 heterocycles. The van der Waals surface area contributed by atoms with Crippen LogP contribution in [0.5, 0.6) is 0 Å². The number of ether oxygens (including phenoxy) is 2. The maximum absolute atomic E-state index is 13.1. The van der Waals surface area contributed by atoms with Crippen molar-refractivity contribution in [2.75, 3.05) is 13.2 Å². The highest BCUT2D eigenvalue weighted by atomic mass is 19.4. The Hall–Kier alpha value is -2.68. The van der Waals surface area contributed by atoms with Crippen LogP contribution in [0.2, 0.25) is 0 Å². The van der Waals surface area contributed by atoms with Crippen LogP contribution in [0.4, 0.5) is 13.2 Å². The molecular formula is C25H25F3N2O3. The number of hydrogen-bond acceptors (Lipinski definition) is 4. The van der Waals surface area contributed by atoms with Crippen molar-refractivity contribution in [1.82, 2.24) is 9.78 Å². The number of alkyl halides is 3. The summed E-state index contributed by atoms with van der Waals surface area (Å²) < 4.78 is 52.4. The fourth-order valence-corrected chi connectivity index (χ4v) is 4.61. The molecule has 3 aromatic rings. The predicted molar refractivity (Wildman–Crippen MR) is 116 cm³/mol. The van der Waals surface area contributed by atoms with Gasteiger partial charge in [0, 0.05) is 18.4 Å². The molecule has 0 amide bonds. The summed E-state index contributed by atoms with van der Waals surface area (Å²) in [6.45, 7) is 3.08. The van der Waals surface area contributed by atoms with Gasteiger partial charge in [-0.2, -0.15) is 18.3 Å². The zero-order valence-corrected chi connectivity index (χ0v) is 18.2. The first-order valence-electron chi connectivity index (χ1n) is 11.0. The van der Waals surface area contributed by atoms with E-state index in [2.05, 4.69) is 0 Å². The molecule has 5 nitrogen and oxygen atoms in total. The SMILES string of the molecule is Cc1ccc(-n2nc(C3(O)CCC4(CC3)OCCO4)cc2-c2ccc(C(F)(F)F)cc2)cc1. The van der Waals surface area contributed by atoms with E-state index in [-0.39, 0.29) is 0 Å². The van der Waals surface area contributed by atoms with Crippen LogP contribution in [0.3, 0.4) is 0 Å². The van der Waals surface area contributed by atoms with Crippen LogP contribution in [0, 0.1) is 6.92 Å². The third kappa shape index (κ3) is 4.18. The number of aromatic nitrogens is 2. The molecular weight excluding hydrogens is 433 g/mol. The molecule has 1 saturated heterocycles. The highest BCUT2D eigenvalue weighted by Gasteiger charge is 2.47. The van der Waals surface area contributed by atoms with Crippen molar-refractivity contribution >= 4 is 0 Å². The van der Waals surface area contributed by atoms with E-state index in [1.807, 2.05) is 31.2 Å². The van der Waals surface area contributed by atoms with Gasteiger partial charge >= 0.3 is 6.18 Å². The summed E-state index contributed by atoms with van der Waals surface area (Å²) in [5.74, 6) is -0.623. The van der Waals surface area contributed by atoms with Crippen molar-refractivity contribution in [1.29, 1.82) is 0 Å². The van der Waals surface area contributed by atoms with Gasteiger partial charge in [0.25, 0.3) is 0 Å². The highest BCUT2D eigenvalue weighted by Crippen LogP contribution is 2.45. The minimum absolute atomic E-state index is 0.421. The summed E-state index contributed by atoms with van der Waals surface area (Å²) in [6.07, 6.45) is -2.46. The van der Waals surface area contributed by atoms with Crippen molar-refractivity contribution in [2.45, 2.75) is 50.2 Å². The highest BCUT2D eigenvalue weighted by molar-refractivity contribution is 5.63. The molecule has 0 atom stereocenters. The van der Waals surface area contributed by atoms with E-state index >= 15 is 0 Å². The Labute approximate surface area is 189 Å². The molecule has 2 aliphatic rings. The Bertz CT molecular complexity index is 1120. The molecule has 8 heteroatoms. The fourth-order valence-electron chi connectivity index (χ4n) is 4.61. The molecule has 0 unspecified atom stereocenters. The molecule has 2 fully saturated rings. The molecule has 1 N–H and O–H groups in total. The second-order valence-electron chi connectivity index (χ2n) is 8.88. The van der Waals surface area contributed by atoms with Crippen molar-refractivity contribution in [3.8, 4) is 16.9 Å². The first kappa shape index (κ1) is 22.1. The quantitative estimate of drug-likeness (QED) is 0.573. The molecule has 33 heavy (non-hydrogen) atoms. The largest absolute Gasteiger partial charge is 0.416 e. The van der Waals surface area contributed by atoms with Crippen molar-refractivity contribution in [2.24, 2.45) is 0 Å². The summed E-state index contributed by atoms with van der Waals surface area (Å²) >= 11 is 0. The van der Waals surface area contributed by atoms with Crippen LogP contribution in [0.1, 0.15) is 42.5 Å². The van der Waals surface area contributed by atoms with E-state index < -0.39 is 23.1 Å². The van der Waals surface area contributed by atoms with E-state index in [4.69, 9.17) is 14.6 Å². The van der Waals surface area contributed by atoms with Gasteiger partial charge in [0.05, 0.1) is 35.9 Å². The third-order valence-corrected chi connectivity index (χ3v) is 6.63. The molecule has 1 aliphatic carbocycles. The van der Waals surface area contributed by atoms with Crippen molar-refractivity contribution < 1.29 is 27.8 Å². The van der Waals surface area contributed by atoms with E-state index in [1.54, 1.807) is 10.7 Å². The number of benzene rings is 2. The van der Waals surface area contributed by atoms with E-state index in [1.165, 1.54) is 12.1 Å².